The Hall–Kier alpha value is -2.37. The third-order valence-corrected chi connectivity index (χ3v) is 5.14. The summed E-state index contributed by atoms with van der Waals surface area (Å²) < 4.78 is 11.4. The first kappa shape index (κ1) is 18.0. The van der Waals surface area contributed by atoms with E-state index in [2.05, 4.69) is 42.3 Å². The number of nitrogens with zero attached hydrogens (tertiary/aromatic N) is 1. The summed E-state index contributed by atoms with van der Waals surface area (Å²) in [7, 11) is 0. The Labute approximate surface area is 159 Å². The van der Waals surface area contributed by atoms with Gasteiger partial charge in [0.05, 0.1) is 24.9 Å². The number of benzene rings is 2. The van der Waals surface area contributed by atoms with Crippen LogP contribution in [0, 0.1) is 0 Å². The lowest BCUT2D eigenvalue weighted by Crippen LogP contribution is -2.48. The van der Waals surface area contributed by atoms with Gasteiger partial charge in [0.25, 0.3) is 0 Å². The fourth-order valence-corrected chi connectivity index (χ4v) is 4.06. The van der Waals surface area contributed by atoms with Crippen molar-refractivity contribution in [2.45, 2.75) is 32.5 Å². The Morgan fingerprint density at radius 3 is 2.74 bits per heavy atom. The number of ether oxygens (including phenoxy) is 1. The van der Waals surface area contributed by atoms with Gasteiger partial charge in [-0.25, -0.2) is 0 Å². The number of morpholine rings is 1. The molecule has 5 heteroatoms. The molecular formula is C22H26N2O3. The van der Waals surface area contributed by atoms with Crippen molar-refractivity contribution < 1.29 is 13.9 Å². The van der Waals surface area contributed by atoms with Crippen LogP contribution in [-0.4, -0.2) is 49.2 Å². The Balaban J connectivity index is 1.39. The molecule has 1 fully saturated rings. The molecule has 2 heterocycles. The number of rotatable bonds is 5. The highest BCUT2D eigenvalue weighted by Crippen LogP contribution is 2.30. The molecule has 1 amide bonds. The molecular weight excluding hydrogens is 340 g/mol. The molecule has 5 nitrogen and oxygen atoms in total. The fourth-order valence-electron chi connectivity index (χ4n) is 4.06. The van der Waals surface area contributed by atoms with Crippen LogP contribution in [0.4, 0.5) is 0 Å². The summed E-state index contributed by atoms with van der Waals surface area (Å²) in [6.45, 7) is 7.51. The maximum Gasteiger partial charge on any atom is 0.224 e. The Morgan fingerprint density at radius 2 is 1.93 bits per heavy atom. The molecule has 4 rings (SSSR count). The van der Waals surface area contributed by atoms with Crippen LogP contribution in [0.3, 0.4) is 0 Å². The van der Waals surface area contributed by atoms with E-state index in [9.17, 15) is 4.79 Å². The summed E-state index contributed by atoms with van der Waals surface area (Å²) in [5.74, 6) is 0.0278. The molecule has 0 saturated carbocycles. The average Bonchev–Trinajstić information content (AvgIpc) is 3.04. The topological polar surface area (TPSA) is 54.7 Å². The van der Waals surface area contributed by atoms with Gasteiger partial charge in [-0.2, -0.15) is 0 Å². The summed E-state index contributed by atoms with van der Waals surface area (Å²) in [6, 6.07) is 12.2. The SMILES string of the molecule is C[C@@H]1CN(CCNC(=O)Cc2coc3ccc4ccccc4c23)C[C@H](C)O1. The van der Waals surface area contributed by atoms with Crippen molar-refractivity contribution in [3.8, 4) is 0 Å². The number of hydrogen-bond acceptors (Lipinski definition) is 4. The fraction of sp³-hybridized carbons (Fsp3) is 0.409. The average molecular weight is 366 g/mol. The van der Waals surface area contributed by atoms with Crippen LogP contribution in [0.1, 0.15) is 19.4 Å². The lowest BCUT2D eigenvalue weighted by molar-refractivity contribution is -0.120. The van der Waals surface area contributed by atoms with E-state index in [-0.39, 0.29) is 18.1 Å². The molecule has 2 atom stereocenters. The van der Waals surface area contributed by atoms with Gasteiger partial charge < -0.3 is 14.5 Å². The summed E-state index contributed by atoms with van der Waals surface area (Å²) in [6.07, 6.45) is 2.53. The summed E-state index contributed by atoms with van der Waals surface area (Å²) >= 11 is 0. The molecule has 0 spiro atoms. The van der Waals surface area contributed by atoms with Crippen LogP contribution in [0.15, 0.2) is 47.1 Å². The maximum absolute atomic E-state index is 12.5. The monoisotopic (exact) mass is 366 g/mol. The van der Waals surface area contributed by atoms with Crippen LogP contribution in [0.2, 0.25) is 0 Å². The second kappa shape index (κ2) is 7.71. The van der Waals surface area contributed by atoms with Gasteiger partial charge in [0.1, 0.15) is 5.58 Å². The Kier molecular flexibility index (Phi) is 5.14. The van der Waals surface area contributed by atoms with Crippen molar-refractivity contribution in [1.29, 1.82) is 0 Å². The van der Waals surface area contributed by atoms with Gasteiger partial charge in [-0.1, -0.05) is 30.3 Å². The number of hydrogen-bond donors (Lipinski definition) is 1. The second-order valence-corrected chi connectivity index (χ2v) is 7.46. The number of amides is 1. The molecule has 1 saturated heterocycles. The zero-order valence-electron chi connectivity index (χ0n) is 15.9. The third-order valence-electron chi connectivity index (χ3n) is 5.14. The highest BCUT2D eigenvalue weighted by molar-refractivity contribution is 6.08. The highest BCUT2D eigenvalue weighted by atomic mass is 16.5. The van der Waals surface area contributed by atoms with E-state index in [0.717, 1.165) is 46.9 Å². The molecule has 1 aliphatic heterocycles. The van der Waals surface area contributed by atoms with Gasteiger partial charge in [0, 0.05) is 37.1 Å². The molecule has 1 aliphatic rings. The number of fused-ring (bicyclic) bond motifs is 3. The predicted molar refractivity (Wildman–Crippen MR) is 107 cm³/mol. The molecule has 142 valence electrons. The number of carbonyl (C=O) groups excluding carboxylic acids is 1. The van der Waals surface area contributed by atoms with Crippen molar-refractivity contribution >= 4 is 27.6 Å². The highest BCUT2D eigenvalue weighted by Gasteiger charge is 2.21. The first-order valence-electron chi connectivity index (χ1n) is 9.62. The van der Waals surface area contributed by atoms with E-state index in [1.807, 2.05) is 18.2 Å². The summed E-state index contributed by atoms with van der Waals surface area (Å²) in [5.41, 5.74) is 1.76. The third kappa shape index (κ3) is 3.99. The zero-order valence-corrected chi connectivity index (χ0v) is 15.9. The van der Waals surface area contributed by atoms with Crippen molar-refractivity contribution in [1.82, 2.24) is 10.2 Å². The Morgan fingerprint density at radius 1 is 1.15 bits per heavy atom. The molecule has 0 radical (unpaired) electrons. The van der Waals surface area contributed by atoms with Gasteiger partial charge in [-0.05, 0) is 30.7 Å². The van der Waals surface area contributed by atoms with Crippen LogP contribution in [0.5, 0.6) is 0 Å². The van der Waals surface area contributed by atoms with Gasteiger partial charge in [-0.3, -0.25) is 9.69 Å². The van der Waals surface area contributed by atoms with E-state index < -0.39 is 0 Å². The Bertz CT molecular complexity index is 939. The van der Waals surface area contributed by atoms with Crippen LogP contribution in [-0.2, 0) is 16.0 Å². The molecule has 0 unspecified atom stereocenters. The zero-order chi connectivity index (χ0) is 18.8. The molecule has 1 aromatic heterocycles. The first-order valence-corrected chi connectivity index (χ1v) is 9.62. The number of furan rings is 1. The normalized spacial score (nSPS) is 21.0. The summed E-state index contributed by atoms with van der Waals surface area (Å²) in [5, 5.41) is 6.37. The van der Waals surface area contributed by atoms with Crippen LogP contribution >= 0.6 is 0 Å². The van der Waals surface area contributed by atoms with E-state index >= 15 is 0 Å². The van der Waals surface area contributed by atoms with Gasteiger partial charge in [-0.15, -0.1) is 0 Å². The number of carbonyl (C=O) groups is 1. The standard InChI is InChI=1S/C22H26N2O3/c1-15-12-24(13-16(2)27-15)10-9-23-21(25)11-18-14-26-20-8-7-17-5-3-4-6-19(17)22(18)20/h3-8,14-16H,9-13H2,1-2H3,(H,23,25)/t15-,16+. The first-order chi connectivity index (χ1) is 13.1. The minimum Gasteiger partial charge on any atom is -0.464 e. The van der Waals surface area contributed by atoms with Crippen molar-refractivity contribution in [3.05, 3.63) is 48.2 Å². The van der Waals surface area contributed by atoms with Crippen molar-refractivity contribution in [3.63, 3.8) is 0 Å². The molecule has 27 heavy (non-hydrogen) atoms. The van der Waals surface area contributed by atoms with Gasteiger partial charge in [0.15, 0.2) is 0 Å². The maximum atomic E-state index is 12.5. The molecule has 0 bridgehead atoms. The largest absolute Gasteiger partial charge is 0.464 e. The molecule has 1 N–H and O–H groups in total. The van der Waals surface area contributed by atoms with E-state index in [0.29, 0.717) is 13.0 Å². The molecule has 0 aliphatic carbocycles. The molecule has 2 aromatic carbocycles. The smallest absolute Gasteiger partial charge is 0.224 e. The lowest BCUT2D eigenvalue weighted by Gasteiger charge is -2.35. The quantitative estimate of drug-likeness (QED) is 0.752. The second-order valence-electron chi connectivity index (χ2n) is 7.46. The van der Waals surface area contributed by atoms with E-state index in [4.69, 9.17) is 9.15 Å². The van der Waals surface area contributed by atoms with Crippen LogP contribution in [0.25, 0.3) is 21.7 Å². The minimum atomic E-state index is 0.0278. The molecule has 3 aromatic rings. The predicted octanol–water partition coefficient (Wildman–Crippen LogP) is 3.35. The lowest BCUT2D eigenvalue weighted by atomic mass is 10.0. The summed E-state index contributed by atoms with van der Waals surface area (Å²) in [4.78, 5) is 14.8. The van der Waals surface area contributed by atoms with E-state index in [1.54, 1.807) is 6.26 Å². The number of nitrogens with one attached hydrogen (secondary N) is 1. The van der Waals surface area contributed by atoms with Gasteiger partial charge >= 0.3 is 0 Å². The van der Waals surface area contributed by atoms with Gasteiger partial charge in [0.2, 0.25) is 5.91 Å². The minimum absolute atomic E-state index is 0.0278. The van der Waals surface area contributed by atoms with Crippen molar-refractivity contribution in [2.75, 3.05) is 26.2 Å². The van der Waals surface area contributed by atoms with Crippen LogP contribution < -0.4 is 5.32 Å². The van der Waals surface area contributed by atoms with E-state index in [1.165, 1.54) is 0 Å². The van der Waals surface area contributed by atoms with Crippen molar-refractivity contribution in [2.24, 2.45) is 0 Å².